The van der Waals surface area contributed by atoms with Crippen LogP contribution in [0.25, 0.3) is 4.96 Å². The zero-order valence-corrected chi connectivity index (χ0v) is 14.6. The average Bonchev–Trinajstić information content (AvgIpc) is 3.24. The highest BCUT2D eigenvalue weighted by Gasteiger charge is 2.27. The number of hydrogen-bond acceptors (Lipinski definition) is 7. The first-order valence-corrected chi connectivity index (χ1v) is 9.50. The molecule has 1 saturated heterocycles. The van der Waals surface area contributed by atoms with Crippen molar-refractivity contribution < 1.29 is 9.47 Å². The number of piperidine rings is 1. The Morgan fingerprint density at radius 3 is 2.80 bits per heavy atom. The lowest BCUT2D eigenvalue weighted by molar-refractivity contribution is 0.0903. The molecular formula is C17H19N5O2S. The normalized spacial score (nSPS) is 20.9. The van der Waals surface area contributed by atoms with Gasteiger partial charge in [-0.1, -0.05) is 29.9 Å². The smallest absolute Gasteiger partial charge is 0.234 e. The van der Waals surface area contributed by atoms with Gasteiger partial charge in [-0.25, -0.2) is 0 Å². The van der Waals surface area contributed by atoms with E-state index in [-0.39, 0.29) is 6.10 Å². The van der Waals surface area contributed by atoms with Crippen molar-refractivity contribution in [3.05, 3.63) is 35.1 Å². The highest BCUT2D eigenvalue weighted by molar-refractivity contribution is 7.16. The third-order valence-corrected chi connectivity index (χ3v) is 5.66. The van der Waals surface area contributed by atoms with Crippen molar-refractivity contribution in [1.82, 2.24) is 24.7 Å². The monoisotopic (exact) mass is 357 g/mol. The molecule has 1 aromatic carbocycles. The number of benzene rings is 1. The Balaban J connectivity index is 1.38. The Hall–Kier alpha value is -2.19. The predicted molar refractivity (Wildman–Crippen MR) is 93.1 cm³/mol. The van der Waals surface area contributed by atoms with E-state index in [1.54, 1.807) is 0 Å². The number of nitrogens with zero attached hydrogens (tertiary/aromatic N) is 5. The lowest BCUT2D eigenvalue weighted by atomic mass is 10.1. The maximum atomic E-state index is 6.06. The summed E-state index contributed by atoms with van der Waals surface area (Å²) in [6.45, 7) is 3.52. The van der Waals surface area contributed by atoms with Crippen molar-refractivity contribution in [3.8, 4) is 11.5 Å². The zero-order valence-electron chi connectivity index (χ0n) is 13.8. The molecule has 0 amide bonds. The highest BCUT2D eigenvalue weighted by atomic mass is 32.1. The van der Waals surface area contributed by atoms with Crippen LogP contribution < -0.4 is 9.47 Å². The van der Waals surface area contributed by atoms with Gasteiger partial charge in [0.1, 0.15) is 6.61 Å². The minimum atomic E-state index is -0.204. The van der Waals surface area contributed by atoms with E-state index in [4.69, 9.17) is 14.6 Å². The molecule has 2 aromatic heterocycles. The van der Waals surface area contributed by atoms with Crippen LogP contribution in [0.1, 0.15) is 36.2 Å². The Kier molecular flexibility index (Phi) is 3.79. The number of aromatic nitrogens is 4. The van der Waals surface area contributed by atoms with Gasteiger partial charge in [-0.05, 0) is 38.1 Å². The SMILES string of the molecule is c1ccc2c(c1)OC[C@@H](c1nn3c(CN4CCCCC4)nnc3s1)O2. The standard InChI is InChI=1S/C17H19N5O2S/c1-4-8-21(9-5-1)10-15-18-19-17-22(15)20-16(25-17)14-11-23-12-6-2-3-7-13(12)24-14/h2-3,6-7,14H,1,4-5,8-11H2/t14-/m0/s1. The fraction of sp³-hybridized carbons (Fsp3) is 0.471. The molecule has 2 aliphatic heterocycles. The van der Waals surface area contributed by atoms with Gasteiger partial charge in [-0.3, -0.25) is 4.90 Å². The lowest BCUT2D eigenvalue weighted by Gasteiger charge is -2.25. The molecule has 0 aliphatic carbocycles. The molecule has 1 atom stereocenters. The van der Waals surface area contributed by atoms with Gasteiger partial charge >= 0.3 is 0 Å². The molecule has 5 rings (SSSR count). The van der Waals surface area contributed by atoms with Crippen LogP contribution >= 0.6 is 11.3 Å². The van der Waals surface area contributed by atoms with Crippen molar-refractivity contribution in [2.75, 3.05) is 19.7 Å². The molecule has 4 heterocycles. The quantitative estimate of drug-likeness (QED) is 0.718. The van der Waals surface area contributed by atoms with Crippen LogP contribution in [-0.4, -0.2) is 44.4 Å². The fourth-order valence-corrected chi connectivity index (χ4v) is 4.23. The summed E-state index contributed by atoms with van der Waals surface area (Å²) < 4.78 is 13.7. The topological polar surface area (TPSA) is 64.8 Å². The van der Waals surface area contributed by atoms with Crippen LogP contribution in [0.4, 0.5) is 0 Å². The molecule has 0 spiro atoms. The Labute approximate surface area is 149 Å². The Morgan fingerprint density at radius 1 is 1.08 bits per heavy atom. The summed E-state index contributed by atoms with van der Waals surface area (Å²) in [6, 6.07) is 7.72. The van der Waals surface area contributed by atoms with Crippen LogP contribution in [0, 0.1) is 0 Å². The van der Waals surface area contributed by atoms with Crippen molar-refractivity contribution >= 4 is 16.3 Å². The van der Waals surface area contributed by atoms with Gasteiger partial charge in [-0.15, -0.1) is 10.2 Å². The summed E-state index contributed by atoms with van der Waals surface area (Å²) in [4.78, 5) is 3.24. The minimum Gasteiger partial charge on any atom is -0.485 e. The van der Waals surface area contributed by atoms with E-state index in [1.165, 1.54) is 30.6 Å². The molecule has 0 saturated carbocycles. The van der Waals surface area contributed by atoms with E-state index in [9.17, 15) is 0 Å². The molecule has 8 heteroatoms. The van der Waals surface area contributed by atoms with E-state index in [2.05, 4.69) is 15.1 Å². The number of para-hydroxylation sites is 2. The van der Waals surface area contributed by atoms with Crippen LogP contribution in [-0.2, 0) is 6.54 Å². The van der Waals surface area contributed by atoms with Crippen LogP contribution in [0.2, 0.25) is 0 Å². The molecule has 130 valence electrons. The van der Waals surface area contributed by atoms with E-state index in [1.807, 2.05) is 28.8 Å². The summed E-state index contributed by atoms with van der Waals surface area (Å²) in [5.74, 6) is 2.45. The maximum Gasteiger partial charge on any atom is 0.234 e. The first kappa shape index (κ1) is 15.1. The van der Waals surface area contributed by atoms with Crippen molar-refractivity contribution in [1.29, 1.82) is 0 Å². The first-order valence-electron chi connectivity index (χ1n) is 8.69. The number of likely N-dealkylation sites (tertiary alicyclic amines) is 1. The summed E-state index contributed by atoms with van der Waals surface area (Å²) in [7, 11) is 0. The summed E-state index contributed by atoms with van der Waals surface area (Å²) >= 11 is 1.52. The molecular weight excluding hydrogens is 338 g/mol. The lowest BCUT2D eigenvalue weighted by Crippen LogP contribution is -2.30. The molecule has 0 unspecified atom stereocenters. The zero-order chi connectivity index (χ0) is 16.6. The molecule has 0 bridgehead atoms. The van der Waals surface area contributed by atoms with E-state index in [0.29, 0.717) is 6.61 Å². The van der Waals surface area contributed by atoms with Gasteiger partial charge in [0.05, 0.1) is 6.54 Å². The first-order chi connectivity index (χ1) is 12.4. The Morgan fingerprint density at radius 2 is 1.92 bits per heavy atom. The second kappa shape index (κ2) is 6.27. The van der Waals surface area contributed by atoms with Crippen molar-refractivity contribution in [3.63, 3.8) is 0 Å². The van der Waals surface area contributed by atoms with Gasteiger partial charge in [0.15, 0.2) is 28.4 Å². The second-order valence-electron chi connectivity index (χ2n) is 6.45. The third-order valence-electron chi connectivity index (χ3n) is 4.67. The second-order valence-corrected chi connectivity index (χ2v) is 7.44. The molecule has 0 radical (unpaired) electrons. The van der Waals surface area contributed by atoms with Crippen LogP contribution in [0.3, 0.4) is 0 Å². The minimum absolute atomic E-state index is 0.204. The highest BCUT2D eigenvalue weighted by Crippen LogP contribution is 2.36. The van der Waals surface area contributed by atoms with Gasteiger partial charge in [0.2, 0.25) is 4.96 Å². The number of fused-ring (bicyclic) bond motifs is 2. The summed E-state index contributed by atoms with van der Waals surface area (Å²) in [6.07, 6.45) is 3.64. The average molecular weight is 357 g/mol. The maximum absolute atomic E-state index is 6.06. The van der Waals surface area contributed by atoms with E-state index >= 15 is 0 Å². The summed E-state index contributed by atoms with van der Waals surface area (Å²) in [5.41, 5.74) is 0. The number of hydrogen-bond donors (Lipinski definition) is 0. The fourth-order valence-electron chi connectivity index (χ4n) is 3.36. The van der Waals surface area contributed by atoms with Crippen molar-refractivity contribution in [2.24, 2.45) is 0 Å². The molecule has 1 fully saturated rings. The van der Waals surface area contributed by atoms with Crippen LogP contribution in [0.5, 0.6) is 11.5 Å². The molecule has 25 heavy (non-hydrogen) atoms. The van der Waals surface area contributed by atoms with Crippen molar-refractivity contribution in [2.45, 2.75) is 31.9 Å². The van der Waals surface area contributed by atoms with E-state index in [0.717, 1.165) is 46.9 Å². The molecule has 7 nitrogen and oxygen atoms in total. The van der Waals surface area contributed by atoms with Gasteiger partial charge in [0, 0.05) is 0 Å². The number of rotatable bonds is 3. The largest absolute Gasteiger partial charge is 0.485 e. The van der Waals surface area contributed by atoms with Gasteiger partial charge < -0.3 is 9.47 Å². The van der Waals surface area contributed by atoms with Crippen LogP contribution in [0.15, 0.2) is 24.3 Å². The van der Waals surface area contributed by atoms with Gasteiger partial charge in [-0.2, -0.15) is 9.61 Å². The molecule has 3 aromatic rings. The number of ether oxygens (including phenoxy) is 2. The third kappa shape index (κ3) is 2.85. The molecule has 2 aliphatic rings. The van der Waals surface area contributed by atoms with Gasteiger partial charge in [0.25, 0.3) is 0 Å². The predicted octanol–water partition coefficient (Wildman–Crippen LogP) is 2.68. The summed E-state index contributed by atoms with van der Waals surface area (Å²) in [5, 5.41) is 14.2. The Bertz CT molecular complexity index is 886. The van der Waals surface area contributed by atoms with E-state index < -0.39 is 0 Å². The molecule has 0 N–H and O–H groups in total.